The number of esters is 1. The fraction of sp³-hybridized carbons (Fsp3) is 0.200. The van der Waals surface area contributed by atoms with E-state index in [4.69, 9.17) is 10.5 Å². The quantitative estimate of drug-likeness (QED) is 0.857. The van der Waals surface area contributed by atoms with Crippen molar-refractivity contribution >= 4 is 11.8 Å². The highest BCUT2D eigenvalue weighted by Crippen LogP contribution is 2.30. The number of benzene rings is 1. The zero-order valence-corrected chi connectivity index (χ0v) is 11.0. The Balaban J connectivity index is 2.56. The maximum Gasteiger partial charge on any atom is 0.339 e. The number of nitrogens with zero attached hydrogens (tertiary/aromatic N) is 1. The summed E-state index contributed by atoms with van der Waals surface area (Å²) >= 11 is 0. The maximum atomic E-state index is 11.9. The predicted molar refractivity (Wildman–Crippen MR) is 74.8 cm³/mol. The molecule has 2 rings (SSSR count). The first-order valence-corrected chi connectivity index (χ1v) is 6.12. The van der Waals surface area contributed by atoms with Gasteiger partial charge in [0.15, 0.2) is 0 Å². The van der Waals surface area contributed by atoms with Gasteiger partial charge in [-0.2, -0.15) is 0 Å². The van der Waals surface area contributed by atoms with Gasteiger partial charge in [0, 0.05) is 11.8 Å². The molecule has 0 aliphatic rings. The van der Waals surface area contributed by atoms with Crippen molar-refractivity contribution in [1.29, 1.82) is 0 Å². The number of aromatic nitrogens is 1. The average Bonchev–Trinajstić information content (AvgIpc) is 2.40. The number of nitrogens with two attached hydrogens (primary N) is 1. The Morgan fingerprint density at radius 2 is 2.00 bits per heavy atom. The molecule has 0 unspecified atom stereocenters. The van der Waals surface area contributed by atoms with Crippen LogP contribution < -0.4 is 5.73 Å². The van der Waals surface area contributed by atoms with Crippen molar-refractivity contribution in [2.24, 2.45) is 0 Å². The second kappa shape index (κ2) is 5.52. The van der Waals surface area contributed by atoms with Crippen molar-refractivity contribution in [3.8, 4) is 11.1 Å². The molecule has 0 spiro atoms. The fourth-order valence-corrected chi connectivity index (χ4v) is 2.01. The minimum Gasteiger partial charge on any atom is -0.462 e. The van der Waals surface area contributed by atoms with Gasteiger partial charge in [-0.25, -0.2) is 9.78 Å². The van der Waals surface area contributed by atoms with Crippen LogP contribution in [0.1, 0.15) is 22.8 Å². The lowest BCUT2D eigenvalue weighted by Crippen LogP contribution is -2.10. The molecule has 2 N–H and O–H groups in total. The number of hydrogen-bond donors (Lipinski definition) is 1. The lowest BCUT2D eigenvalue weighted by molar-refractivity contribution is 0.0525. The highest BCUT2D eigenvalue weighted by molar-refractivity contribution is 5.94. The highest BCUT2D eigenvalue weighted by Gasteiger charge is 2.17. The van der Waals surface area contributed by atoms with Crippen LogP contribution in [-0.4, -0.2) is 17.6 Å². The van der Waals surface area contributed by atoms with Crippen molar-refractivity contribution in [2.45, 2.75) is 13.8 Å². The van der Waals surface area contributed by atoms with Crippen molar-refractivity contribution in [1.82, 2.24) is 4.98 Å². The van der Waals surface area contributed by atoms with Crippen molar-refractivity contribution in [2.75, 3.05) is 12.3 Å². The van der Waals surface area contributed by atoms with Crippen LogP contribution in [0.25, 0.3) is 11.1 Å². The molecule has 0 saturated carbocycles. The summed E-state index contributed by atoms with van der Waals surface area (Å²) in [6.07, 6.45) is 1.47. The molecule has 1 aromatic heterocycles. The molecule has 0 bridgehead atoms. The van der Waals surface area contributed by atoms with Crippen LogP contribution >= 0.6 is 0 Å². The maximum absolute atomic E-state index is 11.9. The summed E-state index contributed by atoms with van der Waals surface area (Å²) in [6.45, 7) is 3.96. The highest BCUT2D eigenvalue weighted by atomic mass is 16.5. The molecule has 0 aliphatic heterocycles. The van der Waals surface area contributed by atoms with E-state index >= 15 is 0 Å². The van der Waals surface area contributed by atoms with Crippen LogP contribution in [0.5, 0.6) is 0 Å². The molecular weight excluding hydrogens is 240 g/mol. The number of anilines is 1. The standard InChI is InChI=1S/C15H16N2O2/c1-3-19-15(18)12-9-17-14(16)13(10(12)2)11-7-5-4-6-8-11/h4-9H,3H2,1-2H3,(H2,16,17). The van der Waals surface area contributed by atoms with E-state index < -0.39 is 0 Å². The summed E-state index contributed by atoms with van der Waals surface area (Å²) in [5.41, 5.74) is 8.90. The Morgan fingerprint density at radius 3 is 2.63 bits per heavy atom. The predicted octanol–water partition coefficient (Wildman–Crippen LogP) is 2.82. The molecule has 2 aromatic rings. The summed E-state index contributed by atoms with van der Waals surface area (Å²) in [4.78, 5) is 16.0. The van der Waals surface area contributed by atoms with Crippen LogP contribution in [0.4, 0.5) is 5.82 Å². The summed E-state index contributed by atoms with van der Waals surface area (Å²) in [5, 5.41) is 0. The summed E-state index contributed by atoms with van der Waals surface area (Å²) in [7, 11) is 0. The zero-order valence-electron chi connectivity index (χ0n) is 11.0. The molecule has 1 aromatic carbocycles. The van der Waals surface area contributed by atoms with Crippen LogP contribution in [-0.2, 0) is 4.74 Å². The summed E-state index contributed by atoms with van der Waals surface area (Å²) < 4.78 is 5.02. The third kappa shape index (κ3) is 2.57. The first-order valence-electron chi connectivity index (χ1n) is 6.12. The van der Waals surface area contributed by atoms with Gasteiger partial charge < -0.3 is 10.5 Å². The van der Waals surface area contributed by atoms with Gasteiger partial charge >= 0.3 is 5.97 Å². The topological polar surface area (TPSA) is 65.2 Å². The molecule has 0 aliphatic carbocycles. The summed E-state index contributed by atoms with van der Waals surface area (Å²) in [6, 6.07) is 9.65. The average molecular weight is 256 g/mol. The Bertz CT molecular complexity index is 595. The van der Waals surface area contributed by atoms with Gasteiger partial charge in [0.25, 0.3) is 0 Å². The van der Waals surface area contributed by atoms with Gasteiger partial charge in [0.1, 0.15) is 5.82 Å². The van der Waals surface area contributed by atoms with Gasteiger partial charge in [0.05, 0.1) is 12.2 Å². The normalized spacial score (nSPS) is 10.2. The van der Waals surface area contributed by atoms with Crippen LogP contribution in [0.2, 0.25) is 0 Å². The number of carbonyl (C=O) groups excluding carboxylic acids is 1. The van der Waals surface area contributed by atoms with Crippen LogP contribution in [0.15, 0.2) is 36.5 Å². The third-order valence-corrected chi connectivity index (χ3v) is 2.93. The van der Waals surface area contributed by atoms with Gasteiger partial charge in [-0.3, -0.25) is 0 Å². The van der Waals surface area contributed by atoms with E-state index in [1.165, 1.54) is 6.20 Å². The van der Waals surface area contributed by atoms with E-state index in [1.54, 1.807) is 6.92 Å². The molecule has 98 valence electrons. The van der Waals surface area contributed by atoms with Gasteiger partial charge in [-0.1, -0.05) is 30.3 Å². The molecule has 0 fully saturated rings. The monoisotopic (exact) mass is 256 g/mol. The van der Waals surface area contributed by atoms with Gasteiger partial charge in [0.2, 0.25) is 0 Å². The van der Waals surface area contributed by atoms with Crippen molar-refractivity contribution in [3.63, 3.8) is 0 Å². The van der Waals surface area contributed by atoms with E-state index in [9.17, 15) is 4.79 Å². The Labute approximate surface area is 112 Å². The number of carbonyl (C=O) groups is 1. The molecular formula is C15H16N2O2. The summed E-state index contributed by atoms with van der Waals surface area (Å²) in [5.74, 6) is 0.0430. The minimum atomic E-state index is -0.371. The second-order valence-electron chi connectivity index (χ2n) is 4.14. The molecule has 4 nitrogen and oxygen atoms in total. The number of nitrogen functional groups attached to an aromatic ring is 1. The molecule has 4 heteroatoms. The molecule has 0 saturated heterocycles. The SMILES string of the molecule is CCOC(=O)c1cnc(N)c(-c2ccccc2)c1C. The van der Waals surface area contributed by atoms with Gasteiger partial charge in [-0.05, 0) is 25.0 Å². The first kappa shape index (κ1) is 13.1. The number of pyridine rings is 1. The fourth-order valence-electron chi connectivity index (χ4n) is 2.01. The lowest BCUT2D eigenvalue weighted by atomic mass is 9.98. The molecule has 0 amide bonds. The third-order valence-electron chi connectivity index (χ3n) is 2.93. The Hall–Kier alpha value is -2.36. The molecule has 0 radical (unpaired) electrons. The van der Waals surface area contributed by atoms with Crippen molar-refractivity contribution < 1.29 is 9.53 Å². The van der Waals surface area contributed by atoms with E-state index in [2.05, 4.69) is 4.98 Å². The lowest BCUT2D eigenvalue weighted by Gasteiger charge is -2.12. The Morgan fingerprint density at radius 1 is 1.32 bits per heavy atom. The first-order chi connectivity index (χ1) is 9.15. The minimum absolute atomic E-state index is 0.337. The largest absolute Gasteiger partial charge is 0.462 e. The van der Waals surface area contributed by atoms with Crippen LogP contribution in [0, 0.1) is 6.92 Å². The van der Waals surface area contributed by atoms with E-state index in [0.717, 1.165) is 16.7 Å². The number of rotatable bonds is 3. The van der Waals surface area contributed by atoms with E-state index in [0.29, 0.717) is 18.0 Å². The van der Waals surface area contributed by atoms with E-state index in [-0.39, 0.29) is 5.97 Å². The van der Waals surface area contributed by atoms with Crippen LogP contribution in [0.3, 0.4) is 0 Å². The Kier molecular flexibility index (Phi) is 3.80. The second-order valence-corrected chi connectivity index (χ2v) is 4.14. The van der Waals surface area contributed by atoms with E-state index in [1.807, 2.05) is 37.3 Å². The number of hydrogen-bond acceptors (Lipinski definition) is 4. The van der Waals surface area contributed by atoms with Crippen molar-refractivity contribution in [3.05, 3.63) is 47.7 Å². The number of ether oxygens (including phenoxy) is 1. The smallest absolute Gasteiger partial charge is 0.339 e. The molecule has 1 heterocycles. The molecule has 0 atom stereocenters. The molecule has 19 heavy (non-hydrogen) atoms. The van der Waals surface area contributed by atoms with Gasteiger partial charge in [-0.15, -0.1) is 0 Å². The zero-order chi connectivity index (χ0) is 13.8.